The molecule has 5 heterocycles. The lowest BCUT2D eigenvalue weighted by Gasteiger charge is -2.56. The van der Waals surface area contributed by atoms with E-state index in [-0.39, 0.29) is 29.8 Å². The van der Waals surface area contributed by atoms with Gasteiger partial charge < -0.3 is 14.7 Å². The minimum atomic E-state index is -0.250. The summed E-state index contributed by atoms with van der Waals surface area (Å²) >= 11 is 1.92. The second-order valence-corrected chi connectivity index (χ2v) is 10.2. The number of hydrogen-bond acceptors (Lipinski definition) is 5. The van der Waals surface area contributed by atoms with Crippen LogP contribution in [0.25, 0.3) is 0 Å². The molecule has 1 aromatic heterocycles. The van der Waals surface area contributed by atoms with Crippen molar-refractivity contribution in [3.63, 3.8) is 0 Å². The van der Waals surface area contributed by atoms with Crippen LogP contribution in [0.15, 0.2) is 18.5 Å². The Balaban J connectivity index is 1.36. The van der Waals surface area contributed by atoms with Crippen LogP contribution in [0.1, 0.15) is 25.7 Å². The Morgan fingerprint density at radius 1 is 1.17 bits per heavy atom. The number of carbonyl (C=O) groups excluding carboxylic acids is 2. The van der Waals surface area contributed by atoms with E-state index in [0.29, 0.717) is 12.3 Å². The van der Waals surface area contributed by atoms with Crippen LogP contribution in [0.5, 0.6) is 0 Å². The molecule has 1 aromatic rings. The third-order valence-electron chi connectivity index (χ3n) is 7.20. The number of thioether (sulfide) groups is 1. The van der Waals surface area contributed by atoms with Gasteiger partial charge >= 0.3 is 0 Å². The van der Waals surface area contributed by atoms with Gasteiger partial charge in [-0.3, -0.25) is 14.3 Å². The number of hydrogen-bond donors (Lipinski definition) is 0. The van der Waals surface area contributed by atoms with Crippen molar-refractivity contribution in [1.29, 1.82) is 0 Å². The Kier molecular flexibility index (Phi) is 5.56. The van der Waals surface area contributed by atoms with Crippen LogP contribution in [0.3, 0.4) is 0 Å². The van der Waals surface area contributed by atoms with Gasteiger partial charge in [0.15, 0.2) is 0 Å². The molecule has 2 bridgehead atoms. The lowest BCUT2D eigenvalue weighted by molar-refractivity contribution is -0.165. The summed E-state index contributed by atoms with van der Waals surface area (Å²) in [5, 5.41) is 4.33. The Morgan fingerprint density at radius 2 is 2.00 bits per heavy atom. The molecule has 4 aliphatic rings. The van der Waals surface area contributed by atoms with Gasteiger partial charge in [-0.25, -0.2) is 0 Å². The third-order valence-corrected chi connectivity index (χ3v) is 8.14. The number of fused-ring (bicyclic) bond motifs is 4. The summed E-state index contributed by atoms with van der Waals surface area (Å²) in [4.78, 5) is 33.1. The first-order chi connectivity index (χ1) is 14.2. The fourth-order valence-corrected chi connectivity index (χ4v) is 6.80. The summed E-state index contributed by atoms with van der Waals surface area (Å²) in [6, 6.07) is 1.95. The largest absolute Gasteiger partial charge is 0.339 e. The van der Waals surface area contributed by atoms with Gasteiger partial charge in [-0.1, -0.05) is 0 Å². The number of nitrogens with zero attached hydrogens (tertiary/aromatic N) is 5. The summed E-state index contributed by atoms with van der Waals surface area (Å²) < 4.78 is 1.98. The molecule has 4 aliphatic heterocycles. The van der Waals surface area contributed by atoms with Crippen LogP contribution in [0.4, 0.5) is 0 Å². The Morgan fingerprint density at radius 3 is 2.79 bits per heavy atom. The van der Waals surface area contributed by atoms with E-state index >= 15 is 0 Å². The molecule has 4 atom stereocenters. The molecule has 4 saturated heterocycles. The van der Waals surface area contributed by atoms with Crippen LogP contribution in [-0.4, -0.2) is 92.6 Å². The van der Waals surface area contributed by atoms with Crippen molar-refractivity contribution < 1.29 is 9.59 Å². The number of amides is 2. The number of likely N-dealkylation sites (tertiary alicyclic amines) is 1. The zero-order valence-electron chi connectivity index (χ0n) is 17.0. The van der Waals surface area contributed by atoms with Gasteiger partial charge in [0.25, 0.3) is 0 Å². The number of aromatic nitrogens is 2. The van der Waals surface area contributed by atoms with Crippen molar-refractivity contribution >= 4 is 23.6 Å². The molecule has 158 valence electrons. The molecular weight excluding hydrogens is 386 g/mol. The average molecular weight is 418 g/mol. The van der Waals surface area contributed by atoms with Crippen molar-refractivity contribution in [3.05, 3.63) is 18.5 Å². The third kappa shape index (κ3) is 3.81. The van der Waals surface area contributed by atoms with E-state index in [1.54, 1.807) is 0 Å². The second-order valence-electron chi connectivity index (χ2n) is 8.93. The highest BCUT2D eigenvalue weighted by Crippen LogP contribution is 2.42. The summed E-state index contributed by atoms with van der Waals surface area (Å²) in [6.45, 7) is 5.43. The molecule has 5 rings (SSSR count). The predicted molar refractivity (Wildman–Crippen MR) is 112 cm³/mol. The van der Waals surface area contributed by atoms with Crippen LogP contribution in [0, 0.1) is 11.8 Å². The molecule has 4 fully saturated rings. The van der Waals surface area contributed by atoms with Gasteiger partial charge in [0.2, 0.25) is 11.8 Å². The van der Waals surface area contributed by atoms with E-state index < -0.39 is 0 Å². The highest BCUT2D eigenvalue weighted by Gasteiger charge is 2.52. The Labute approximate surface area is 176 Å². The average Bonchev–Trinajstić information content (AvgIpc) is 3.27. The highest BCUT2D eigenvalue weighted by molar-refractivity contribution is 7.99. The standard InChI is InChI=1S/C21H31N5O2S/c27-19-4-1-3-18-16-13-17(15-23(14-16)7-8-25-6-2-5-22-25)20(26(18)19)21(28)24-9-11-29-12-10-24/h2,5-6,16-18,20H,1,3-4,7-15H2/t16-,17+,18+,20-/m1/s1. The van der Waals surface area contributed by atoms with Gasteiger partial charge in [0, 0.05) is 75.0 Å². The van der Waals surface area contributed by atoms with E-state index in [9.17, 15) is 9.59 Å². The van der Waals surface area contributed by atoms with Gasteiger partial charge in [-0.15, -0.1) is 0 Å². The van der Waals surface area contributed by atoms with Crippen LogP contribution >= 0.6 is 11.8 Å². The highest BCUT2D eigenvalue weighted by atomic mass is 32.2. The first-order valence-corrected chi connectivity index (χ1v) is 12.2. The van der Waals surface area contributed by atoms with Crippen molar-refractivity contribution in [1.82, 2.24) is 24.5 Å². The van der Waals surface area contributed by atoms with E-state index in [2.05, 4.69) is 14.9 Å². The van der Waals surface area contributed by atoms with Crippen molar-refractivity contribution in [2.45, 2.75) is 44.3 Å². The van der Waals surface area contributed by atoms with E-state index in [4.69, 9.17) is 0 Å². The molecule has 0 saturated carbocycles. The quantitative estimate of drug-likeness (QED) is 0.736. The van der Waals surface area contributed by atoms with Gasteiger partial charge in [0.1, 0.15) is 6.04 Å². The molecule has 0 radical (unpaired) electrons. The van der Waals surface area contributed by atoms with Crippen LogP contribution < -0.4 is 0 Å². The fraction of sp³-hybridized carbons (Fsp3) is 0.762. The number of rotatable bonds is 4. The van der Waals surface area contributed by atoms with Crippen molar-refractivity contribution in [2.75, 3.05) is 44.2 Å². The summed E-state index contributed by atoms with van der Waals surface area (Å²) in [5.74, 6) is 3.20. The molecular formula is C21H31N5O2S. The van der Waals surface area contributed by atoms with Crippen molar-refractivity contribution in [2.24, 2.45) is 11.8 Å². The second kappa shape index (κ2) is 8.30. The molecule has 0 unspecified atom stereocenters. The zero-order chi connectivity index (χ0) is 19.8. The molecule has 29 heavy (non-hydrogen) atoms. The van der Waals surface area contributed by atoms with Crippen molar-refractivity contribution in [3.8, 4) is 0 Å². The summed E-state index contributed by atoms with van der Waals surface area (Å²) in [6.07, 6.45) is 7.55. The molecule has 0 N–H and O–H groups in total. The Bertz CT molecular complexity index is 735. The van der Waals surface area contributed by atoms with E-state index in [1.165, 1.54) is 0 Å². The zero-order valence-corrected chi connectivity index (χ0v) is 17.8. The maximum atomic E-state index is 13.6. The smallest absolute Gasteiger partial charge is 0.245 e. The summed E-state index contributed by atoms with van der Waals surface area (Å²) in [7, 11) is 0. The normalized spacial score (nSPS) is 32.9. The monoisotopic (exact) mass is 417 g/mol. The summed E-state index contributed by atoms with van der Waals surface area (Å²) in [5.41, 5.74) is 0. The van der Waals surface area contributed by atoms with Crippen LogP contribution in [0.2, 0.25) is 0 Å². The predicted octanol–water partition coefficient (Wildman–Crippen LogP) is 1.16. The number of piperidine rings is 3. The number of carbonyl (C=O) groups is 2. The topological polar surface area (TPSA) is 61.7 Å². The first-order valence-electron chi connectivity index (χ1n) is 11.1. The SMILES string of the molecule is O=C([C@H]1[C@H]2C[C@H](CN(CCn3cccn3)C2)[C@@H]2CCCC(=O)N21)N1CCSCC1. The van der Waals surface area contributed by atoms with Gasteiger partial charge in [0.05, 0.1) is 6.54 Å². The molecule has 2 amide bonds. The lowest BCUT2D eigenvalue weighted by Crippen LogP contribution is -2.69. The van der Waals surface area contributed by atoms with E-state index in [0.717, 1.165) is 70.0 Å². The molecule has 0 aromatic carbocycles. The minimum absolute atomic E-state index is 0.211. The lowest BCUT2D eigenvalue weighted by atomic mass is 9.71. The van der Waals surface area contributed by atoms with Gasteiger partial charge in [-0.2, -0.15) is 16.9 Å². The maximum absolute atomic E-state index is 13.6. The molecule has 0 aliphatic carbocycles. The Hall–Kier alpha value is -1.54. The fourth-order valence-electron chi connectivity index (χ4n) is 5.90. The molecule has 0 spiro atoms. The molecule has 8 heteroatoms. The van der Waals surface area contributed by atoms with Crippen LogP contribution in [-0.2, 0) is 16.1 Å². The first kappa shape index (κ1) is 19.4. The minimum Gasteiger partial charge on any atom is -0.339 e. The van der Waals surface area contributed by atoms with E-state index in [1.807, 2.05) is 39.8 Å². The molecule has 7 nitrogen and oxygen atoms in total. The van der Waals surface area contributed by atoms with Gasteiger partial charge in [-0.05, 0) is 31.2 Å². The maximum Gasteiger partial charge on any atom is 0.245 e.